The summed E-state index contributed by atoms with van der Waals surface area (Å²) in [6.45, 7) is -0.257. The zero-order valence-corrected chi connectivity index (χ0v) is 24.9. The molecular formula is C25H26ClN3O8S3. The van der Waals surface area contributed by atoms with Gasteiger partial charge in [0.05, 0.1) is 30.0 Å². The predicted molar refractivity (Wildman–Crippen MR) is 152 cm³/mol. The number of carbonyl (C=O) groups excluding carboxylic acids is 4. The number of fused-ring (bicyclic) bond motifs is 2. The van der Waals surface area contributed by atoms with E-state index in [0.29, 0.717) is 21.7 Å². The lowest BCUT2D eigenvalue weighted by Gasteiger charge is -2.07. The number of amides is 2. The Hall–Kier alpha value is -3.07. The average molecular weight is 628 g/mol. The van der Waals surface area contributed by atoms with Gasteiger partial charge in [-0.1, -0.05) is 29.4 Å². The van der Waals surface area contributed by atoms with E-state index in [1.807, 2.05) is 0 Å². The highest BCUT2D eigenvalue weighted by Crippen LogP contribution is 2.38. The van der Waals surface area contributed by atoms with Crippen LogP contribution >= 0.6 is 34.3 Å². The smallest absolute Gasteiger partial charge is 0.341 e. The minimum atomic E-state index is -4.23. The molecule has 1 aromatic carbocycles. The first-order valence-corrected chi connectivity index (χ1v) is 16.0. The lowest BCUT2D eigenvalue weighted by molar-refractivity contribution is -0.141. The number of thiophene rings is 1. The highest BCUT2D eigenvalue weighted by atomic mass is 35.5. The van der Waals surface area contributed by atoms with Gasteiger partial charge in [0, 0.05) is 9.90 Å². The van der Waals surface area contributed by atoms with E-state index in [9.17, 15) is 27.6 Å². The third-order valence-corrected chi connectivity index (χ3v) is 10.0. The van der Waals surface area contributed by atoms with Crippen molar-refractivity contribution in [2.24, 2.45) is 4.99 Å². The quantitative estimate of drug-likeness (QED) is 0.296. The number of esters is 2. The fourth-order valence-electron chi connectivity index (χ4n) is 4.37. The van der Waals surface area contributed by atoms with Crippen LogP contribution in [0.2, 0.25) is 5.02 Å². The Bertz CT molecular complexity index is 1670. The van der Waals surface area contributed by atoms with Crippen LogP contribution in [0.4, 0.5) is 5.00 Å². The van der Waals surface area contributed by atoms with Gasteiger partial charge in [-0.15, -0.1) is 11.3 Å². The Morgan fingerprint density at radius 3 is 2.52 bits per heavy atom. The van der Waals surface area contributed by atoms with Gasteiger partial charge in [0.1, 0.15) is 23.1 Å². The molecule has 0 bridgehead atoms. The topological polar surface area (TPSA) is 150 Å². The van der Waals surface area contributed by atoms with Crippen molar-refractivity contribution in [2.75, 3.05) is 31.0 Å². The number of ether oxygens (including phenoxy) is 2. The summed E-state index contributed by atoms with van der Waals surface area (Å²) in [6, 6.07) is 4.89. The van der Waals surface area contributed by atoms with Crippen molar-refractivity contribution in [3.05, 3.63) is 44.0 Å². The second-order valence-electron chi connectivity index (χ2n) is 9.01. The molecule has 2 heterocycles. The van der Waals surface area contributed by atoms with Gasteiger partial charge in [0.2, 0.25) is 5.91 Å². The summed E-state index contributed by atoms with van der Waals surface area (Å²) in [5.41, 5.74) is 1.64. The number of rotatable bonds is 8. The first-order valence-electron chi connectivity index (χ1n) is 12.2. The summed E-state index contributed by atoms with van der Waals surface area (Å²) in [7, 11) is -1.77. The maximum atomic E-state index is 12.7. The highest BCUT2D eigenvalue weighted by molar-refractivity contribution is 7.92. The third kappa shape index (κ3) is 6.97. The molecule has 0 unspecified atom stereocenters. The summed E-state index contributed by atoms with van der Waals surface area (Å²) >= 11 is 8.34. The summed E-state index contributed by atoms with van der Waals surface area (Å²) in [4.78, 5) is 54.8. The number of aryl methyl sites for hydroxylation is 1. The summed E-state index contributed by atoms with van der Waals surface area (Å²) in [5, 5.41) is 3.21. The molecule has 1 aliphatic carbocycles. The number of sulfone groups is 1. The summed E-state index contributed by atoms with van der Waals surface area (Å²) in [6.07, 6.45) is 4.30. The van der Waals surface area contributed by atoms with E-state index >= 15 is 0 Å². The molecule has 3 aromatic rings. The maximum Gasteiger partial charge on any atom is 0.341 e. The van der Waals surface area contributed by atoms with Crippen molar-refractivity contribution in [3.8, 4) is 0 Å². The molecule has 0 aliphatic heterocycles. The van der Waals surface area contributed by atoms with Crippen LogP contribution in [0.1, 0.15) is 40.1 Å². The second kappa shape index (κ2) is 12.6. The molecule has 1 N–H and O–H groups in total. The number of methoxy groups -OCH3 is 2. The van der Waals surface area contributed by atoms with Crippen LogP contribution in [0.15, 0.2) is 23.2 Å². The van der Waals surface area contributed by atoms with E-state index in [2.05, 4.69) is 10.3 Å². The molecule has 0 fully saturated rings. The first-order chi connectivity index (χ1) is 19.0. The van der Waals surface area contributed by atoms with Crippen LogP contribution in [0.3, 0.4) is 0 Å². The number of benzene rings is 1. The lowest BCUT2D eigenvalue weighted by atomic mass is 10.1. The zero-order valence-electron chi connectivity index (χ0n) is 21.7. The summed E-state index contributed by atoms with van der Waals surface area (Å²) in [5.74, 6) is -5.10. The Morgan fingerprint density at radius 1 is 1.05 bits per heavy atom. The molecule has 40 heavy (non-hydrogen) atoms. The lowest BCUT2D eigenvalue weighted by Crippen LogP contribution is -2.29. The molecule has 15 heteroatoms. The van der Waals surface area contributed by atoms with E-state index in [1.165, 1.54) is 30.1 Å². The van der Waals surface area contributed by atoms with Gasteiger partial charge in [0.15, 0.2) is 14.6 Å². The molecular weight excluding hydrogens is 602 g/mol. The van der Waals surface area contributed by atoms with Gasteiger partial charge < -0.3 is 19.4 Å². The van der Waals surface area contributed by atoms with Crippen LogP contribution in [-0.2, 0) is 53.1 Å². The fraction of sp³-hybridized carbons (Fsp3) is 0.400. The van der Waals surface area contributed by atoms with Gasteiger partial charge in [-0.25, -0.2) is 13.2 Å². The molecule has 2 amide bonds. The molecule has 11 nitrogen and oxygen atoms in total. The normalized spacial score (nSPS) is 13.9. The van der Waals surface area contributed by atoms with Crippen molar-refractivity contribution in [2.45, 2.75) is 38.6 Å². The number of hydrogen-bond acceptors (Lipinski definition) is 10. The van der Waals surface area contributed by atoms with Crippen molar-refractivity contribution < 1.29 is 37.1 Å². The third-order valence-electron chi connectivity index (χ3n) is 6.14. The van der Waals surface area contributed by atoms with Crippen molar-refractivity contribution >= 4 is 83.1 Å². The molecule has 214 valence electrons. The van der Waals surface area contributed by atoms with Gasteiger partial charge in [-0.2, -0.15) is 4.99 Å². The number of aromatic nitrogens is 1. The molecule has 0 spiro atoms. The highest BCUT2D eigenvalue weighted by Gasteiger charge is 2.28. The molecule has 4 rings (SSSR count). The zero-order chi connectivity index (χ0) is 29.0. The standard InChI is InChI=1S/C25H26ClN3O8S3/c1-36-21(32)11-29-16-9-8-14(26)10-18(16)39-25(29)28-20(31)13-40(34,35)12-19(30)27-23-22(24(33)37-2)15-6-4-3-5-7-17(15)38-23/h8-10H,3-7,11-13H2,1-2H3,(H,27,30). The molecule has 0 saturated carbocycles. The van der Waals surface area contributed by atoms with E-state index < -0.39 is 45.1 Å². The maximum absolute atomic E-state index is 12.7. The first kappa shape index (κ1) is 29.9. The van der Waals surface area contributed by atoms with Crippen LogP contribution < -0.4 is 10.1 Å². The van der Waals surface area contributed by atoms with Crippen LogP contribution in [0.5, 0.6) is 0 Å². The van der Waals surface area contributed by atoms with E-state index in [-0.39, 0.29) is 21.9 Å². The minimum absolute atomic E-state index is 0.0788. The van der Waals surface area contributed by atoms with Gasteiger partial charge in [-0.05, 0) is 49.4 Å². The molecule has 0 saturated heterocycles. The Labute approximate surface area is 242 Å². The van der Waals surface area contributed by atoms with Crippen molar-refractivity contribution in [1.82, 2.24) is 4.57 Å². The second-order valence-corrected chi connectivity index (χ2v) is 13.6. The van der Waals surface area contributed by atoms with E-state index in [0.717, 1.165) is 47.5 Å². The molecule has 0 radical (unpaired) electrons. The van der Waals surface area contributed by atoms with Crippen LogP contribution in [0.25, 0.3) is 10.2 Å². The monoisotopic (exact) mass is 627 g/mol. The van der Waals surface area contributed by atoms with Crippen LogP contribution in [0, 0.1) is 0 Å². The fourth-order valence-corrected chi connectivity index (χ4v) is 8.00. The molecule has 1 aliphatic rings. The van der Waals surface area contributed by atoms with Gasteiger partial charge >= 0.3 is 11.9 Å². The summed E-state index contributed by atoms with van der Waals surface area (Å²) < 4.78 is 37.2. The number of nitrogens with zero attached hydrogens (tertiary/aromatic N) is 2. The van der Waals surface area contributed by atoms with E-state index in [4.69, 9.17) is 21.1 Å². The van der Waals surface area contributed by atoms with Gasteiger partial charge in [-0.3, -0.25) is 14.4 Å². The Balaban J connectivity index is 1.53. The van der Waals surface area contributed by atoms with Crippen LogP contribution in [-0.4, -0.2) is 62.5 Å². The number of thiazole rings is 1. The number of hydrogen-bond donors (Lipinski definition) is 1. The Morgan fingerprint density at radius 2 is 1.80 bits per heavy atom. The van der Waals surface area contributed by atoms with Gasteiger partial charge in [0.25, 0.3) is 5.91 Å². The number of carbonyl (C=O) groups is 4. The average Bonchev–Trinajstić information content (AvgIpc) is 3.28. The predicted octanol–water partition coefficient (Wildman–Crippen LogP) is 3.13. The largest absolute Gasteiger partial charge is 0.468 e. The minimum Gasteiger partial charge on any atom is -0.468 e. The van der Waals surface area contributed by atoms with E-state index in [1.54, 1.807) is 18.2 Å². The number of nitrogens with one attached hydrogen (secondary N) is 1. The van der Waals surface area contributed by atoms with Crippen molar-refractivity contribution in [1.29, 1.82) is 0 Å². The Kier molecular flexibility index (Phi) is 9.44. The SMILES string of the molecule is COC(=O)Cn1c(=NC(=O)CS(=O)(=O)CC(=O)Nc2sc3c(c2C(=O)OC)CCCCC3)sc2cc(Cl)ccc21. The number of halogens is 1. The molecule has 0 atom stereocenters. The number of anilines is 1. The van der Waals surface area contributed by atoms with Crippen molar-refractivity contribution in [3.63, 3.8) is 0 Å². The molecule has 2 aromatic heterocycles.